The first kappa shape index (κ1) is 7.53. The molecule has 0 aromatic carbocycles. The average Bonchev–Trinajstić information content (AvgIpc) is 2.64. The molecule has 1 aromatic heterocycles. The second-order valence-electron chi connectivity index (χ2n) is 1.74. The predicted octanol–water partition coefficient (Wildman–Crippen LogP) is 1.52. The van der Waals surface area contributed by atoms with Crippen LogP contribution in [0.15, 0.2) is 46.0 Å². The fourth-order valence-corrected chi connectivity index (χ4v) is 0.495. The fourth-order valence-electron chi connectivity index (χ4n) is 0.495. The summed E-state index contributed by atoms with van der Waals surface area (Å²) in [6.45, 7) is 0.667. The van der Waals surface area contributed by atoms with Gasteiger partial charge in [-0.1, -0.05) is 6.07 Å². The molecule has 0 fully saturated rings. The number of nitrogens with zero attached hydrogens (tertiary/aromatic N) is 4. The van der Waals surface area contributed by atoms with E-state index in [0.717, 1.165) is 0 Å². The first-order chi connectivity index (χ1) is 5.50. The van der Waals surface area contributed by atoms with Crippen molar-refractivity contribution in [1.29, 1.82) is 0 Å². The van der Waals surface area contributed by atoms with E-state index in [0.29, 0.717) is 6.54 Å². The number of pyridine rings is 1. The smallest absolute Gasteiger partial charge is 0.0992 e. The molecule has 0 aliphatic carbocycles. The average molecular weight is 148 g/mol. The summed E-state index contributed by atoms with van der Waals surface area (Å²) < 4.78 is 0. The van der Waals surface area contributed by atoms with Crippen molar-refractivity contribution < 1.29 is 0 Å². The van der Waals surface area contributed by atoms with Crippen LogP contribution in [0.3, 0.4) is 0 Å². The molecular weight excluding hydrogens is 140 g/mol. The van der Waals surface area contributed by atoms with Crippen molar-refractivity contribution >= 4 is 6.21 Å². The Morgan fingerprint density at radius 3 is 2.00 bits per heavy atom. The summed E-state index contributed by atoms with van der Waals surface area (Å²) in [5.41, 5.74) is 0. The van der Waals surface area contributed by atoms with E-state index in [-0.39, 0.29) is 0 Å². The van der Waals surface area contributed by atoms with Crippen molar-refractivity contribution in [2.45, 2.75) is 0 Å². The maximum Gasteiger partial charge on any atom is 0.0992 e. The standard InChI is InChI=1S/C5H5N.C2H3N3/c1-2-4-6-5-3-1;1-2-4-5-3-1/h1-5H;1H,2H2. The van der Waals surface area contributed by atoms with Gasteiger partial charge in [-0.2, -0.15) is 5.11 Å². The molecule has 4 heteroatoms. The maximum absolute atomic E-state index is 3.78. The highest BCUT2D eigenvalue weighted by molar-refractivity contribution is 5.60. The normalized spacial score (nSPS) is 12.4. The Balaban J connectivity index is 0.000000112. The van der Waals surface area contributed by atoms with Crippen LogP contribution in [0.5, 0.6) is 0 Å². The molecule has 0 saturated carbocycles. The third-order valence-electron chi connectivity index (χ3n) is 0.926. The van der Waals surface area contributed by atoms with Crippen LogP contribution < -0.4 is 0 Å². The van der Waals surface area contributed by atoms with Gasteiger partial charge in [-0.3, -0.25) is 4.98 Å². The second kappa shape index (κ2) is 5.22. The van der Waals surface area contributed by atoms with Crippen LogP contribution in [0.4, 0.5) is 0 Å². The van der Waals surface area contributed by atoms with E-state index in [9.17, 15) is 0 Å². The lowest BCUT2D eigenvalue weighted by Crippen LogP contribution is -1.65. The maximum atomic E-state index is 3.78. The fraction of sp³-hybridized carbons (Fsp3) is 0.143. The molecule has 0 unspecified atom stereocenters. The van der Waals surface area contributed by atoms with Crippen molar-refractivity contribution in [1.82, 2.24) is 4.98 Å². The monoisotopic (exact) mass is 148 g/mol. The van der Waals surface area contributed by atoms with Gasteiger partial charge in [-0.15, -0.1) is 5.10 Å². The van der Waals surface area contributed by atoms with Crippen molar-refractivity contribution in [3.05, 3.63) is 30.6 Å². The first-order valence-corrected chi connectivity index (χ1v) is 3.23. The van der Waals surface area contributed by atoms with Gasteiger partial charge in [-0.05, 0) is 17.4 Å². The summed E-state index contributed by atoms with van der Waals surface area (Å²) >= 11 is 0. The quantitative estimate of drug-likeness (QED) is 0.550. The minimum Gasteiger partial charge on any atom is -0.265 e. The zero-order valence-electron chi connectivity index (χ0n) is 5.96. The zero-order valence-corrected chi connectivity index (χ0v) is 5.96. The minimum absolute atomic E-state index is 0.667. The lowest BCUT2D eigenvalue weighted by Gasteiger charge is -1.70. The largest absolute Gasteiger partial charge is 0.265 e. The lowest BCUT2D eigenvalue weighted by atomic mass is 10.5. The van der Waals surface area contributed by atoms with Crippen molar-refractivity contribution in [3.8, 4) is 0 Å². The summed E-state index contributed by atoms with van der Waals surface area (Å²) in [6.07, 6.45) is 5.15. The summed E-state index contributed by atoms with van der Waals surface area (Å²) in [5, 5.41) is 10.2. The highest BCUT2D eigenvalue weighted by Gasteiger charge is 1.75. The van der Waals surface area contributed by atoms with E-state index in [2.05, 4.69) is 20.4 Å². The summed E-state index contributed by atoms with van der Waals surface area (Å²) in [6, 6.07) is 5.72. The minimum atomic E-state index is 0.667. The number of rotatable bonds is 0. The highest BCUT2D eigenvalue weighted by atomic mass is 15.4. The van der Waals surface area contributed by atoms with Crippen LogP contribution in [0.1, 0.15) is 0 Å². The summed E-state index contributed by atoms with van der Waals surface area (Å²) in [5.74, 6) is 0. The van der Waals surface area contributed by atoms with E-state index in [1.165, 1.54) is 0 Å². The van der Waals surface area contributed by atoms with Crippen molar-refractivity contribution in [2.75, 3.05) is 6.54 Å². The van der Waals surface area contributed by atoms with Gasteiger partial charge in [0.05, 0.1) is 12.8 Å². The van der Waals surface area contributed by atoms with Crippen LogP contribution in [0.25, 0.3) is 0 Å². The van der Waals surface area contributed by atoms with Gasteiger partial charge in [0.2, 0.25) is 0 Å². The molecule has 0 N–H and O–H groups in total. The van der Waals surface area contributed by atoms with E-state index in [1.807, 2.05) is 18.2 Å². The number of hydrogen-bond donors (Lipinski definition) is 0. The van der Waals surface area contributed by atoms with Gasteiger partial charge in [-0.25, -0.2) is 0 Å². The van der Waals surface area contributed by atoms with Gasteiger partial charge in [0.25, 0.3) is 0 Å². The first-order valence-electron chi connectivity index (χ1n) is 3.23. The third kappa shape index (κ3) is 3.91. The lowest BCUT2D eigenvalue weighted by molar-refractivity contribution is 1.06. The van der Waals surface area contributed by atoms with Crippen LogP contribution >= 0.6 is 0 Å². The molecule has 0 bridgehead atoms. The third-order valence-corrected chi connectivity index (χ3v) is 0.926. The molecule has 0 radical (unpaired) electrons. The molecule has 1 aliphatic heterocycles. The molecule has 11 heavy (non-hydrogen) atoms. The molecule has 1 aliphatic rings. The zero-order chi connectivity index (χ0) is 7.78. The Morgan fingerprint density at radius 2 is 1.82 bits per heavy atom. The Kier molecular flexibility index (Phi) is 3.57. The van der Waals surface area contributed by atoms with Gasteiger partial charge < -0.3 is 0 Å². The Labute approximate surface area is 64.7 Å². The molecule has 4 nitrogen and oxygen atoms in total. The Bertz CT molecular complexity index is 193. The van der Waals surface area contributed by atoms with Crippen LogP contribution in [-0.4, -0.2) is 17.7 Å². The van der Waals surface area contributed by atoms with Gasteiger partial charge in [0.15, 0.2) is 0 Å². The van der Waals surface area contributed by atoms with Gasteiger partial charge in [0, 0.05) is 12.4 Å². The Hall–Kier alpha value is -1.58. The molecule has 0 atom stereocenters. The second-order valence-corrected chi connectivity index (χ2v) is 1.74. The van der Waals surface area contributed by atoms with Gasteiger partial charge >= 0.3 is 0 Å². The molecule has 0 saturated heterocycles. The van der Waals surface area contributed by atoms with Crippen LogP contribution in [-0.2, 0) is 0 Å². The van der Waals surface area contributed by atoms with Crippen LogP contribution in [0.2, 0.25) is 0 Å². The van der Waals surface area contributed by atoms with Gasteiger partial charge in [0.1, 0.15) is 0 Å². The molecule has 56 valence electrons. The summed E-state index contributed by atoms with van der Waals surface area (Å²) in [7, 11) is 0. The summed E-state index contributed by atoms with van der Waals surface area (Å²) in [4.78, 5) is 3.78. The highest BCUT2D eigenvalue weighted by Crippen LogP contribution is 1.80. The number of aromatic nitrogens is 1. The van der Waals surface area contributed by atoms with E-state index >= 15 is 0 Å². The molecule has 0 spiro atoms. The molecule has 1 aromatic rings. The SMILES string of the molecule is C1=NN=NC1.c1ccncc1. The van der Waals surface area contributed by atoms with Crippen molar-refractivity contribution in [3.63, 3.8) is 0 Å². The van der Waals surface area contributed by atoms with Crippen LogP contribution in [0, 0.1) is 0 Å². The molecule has 2 rings (SSSR count). The Morgan fingerprint density at radius 1 is 1.00 bits per heavy atom. The van der Waals surface area contributed by atoms with E-state index < -0.39 is 0 Å². The molecule has 2 heterocycles. The van der Waals surface area contributed by atoms with Crippen molar-refractivity contribution in [2.24, 2.45) is 15.4 Å². The molecule has 0 amide bonds. The predicted molar refractivity (Wildman–Crippen MR) is 42.5 cm³/mol. The topological polar surface area (TPSA) is 50.0 Å². The van der Waals surface area contributed by atoms with E-state index in [1.54, 1.807) is 18.6 Å². The molecular formula is C7H8N4. The number of hydrogen-bond acceptors (Lipinski definition) is 4. The van der Waals surface area contributed by atoms with E-state index in [4.69, 9.17) is 0 Å².